The largest absolute Gasteiger partial charge is 0.452 e. The summed E-state index contributed by atoms with van der Waals surface area (Å²) in [7, 11) is 1.93. The maximum absolute atomic E-state index is 5.60. The van der Waals surface area contributed by atoms with E-state index in [1.54, 1.807) is 0 Å². The van der Waals surface area contributed by atoms with Crippen LogP contribution < -0.4 is 5.32 Å². The second-order valence-corrected chi connectivity index (χ2v) is 5.51. The van der Waals surface area contributed by atoms with Gasteiger partial charge < -0.3 is 9.73 Å². The van der Waals surface area contributed by atoms with Crippen molar-refractivity contribution in [3.8, 4) is 0 Å². The van der Waals surface area contributed by atoms with Gasteiger partial charge in [0, 0.05) is 4.47 Å². The summed E-state index contributed by atoms with van der Waals surface area (Å²) in [6.07, 6.45) is 0. The highest BCUT2D eigenvalue weighted by molar-refractivity contribution is 9.10. The van der Waals surface area contributed by atoms with Crippen LogP contribution in [0.25, 0.3) is 0 Å². The highest BCUT2D eigenvalue weighted by Gasteiger charge is 2.16. The molecule has 0 bridgehead atoms. The van der Waals surface area contributed by atoms with E-state index in [0.29, 0.717) is 0 Å². The van der Waals surface area contributed by atoms with Gasteiger partial charge in [0.05, 0.1) is 6.04 Å². The fourth-order valence-electron chi connectivity index (χ4n) is 1.80. The third-order valence-electron chi connectivity index (χ3n) is 2.68. The Morgan fingerprint density at radius 3 is 2.47 bits per heavy atom. The smallest absolute Gasteiger partial charge is 0.169 e. The van der Waals surface area contributed by atoms with E-state index >= 15 is 0 Å². The van der Waals surface area contributed by atoms with E-state index in [2.05, 4.69) is 62.3 Å². The zero-order valence-electron chi connectivity index (χ0n) is 9.63. The van der Waals surface area contributed by atoms with Gasteiger partial charge in [-0.1, -0.05) is 28.1 Å². The van der Waals surface area contributed by atoms with Crippen LogP contribution in [0.5, 0.6) is 0 Å². The minimum atomic E-state index is 0.0769. The molecule has 0 radical (unpaired) electrons. The molecule has 0 amide bonds. The van der Waals surface area contributed by atoms with Crippen LogP contribution in [0, 0.1) is 6.92 Å². The van der Waals surface area contributed by atoms with E-state index in [4.69, 9.17) is 4.42 Å². The highest BCUT2D eigenvalue weighted by Crippen LogP contribution is 2.28. The van der Waals surface area contributed by atoms with Crippen molar-refractivity contribution in [1.82, 2.24) is 5.32 Å². The summed E-state index contributed by atoms with van der Waals surface area (Å²) in [6, 6.07) is 10.3. The topological polar surface area (TPSA) is 25.2 Å². The maximum Gasteiger partial charge on any atom is 0.169 e. The molecular formula is C13H13Br2NO. The minimum Gasteiger partial charge on any atom is -0.452 e. The van der Waals surface area contributed by atoms with Gasteiger partial charge in [-0.05, 0) is 59.2 Å². The summed E-state index contributed by atoms with van der Waals surface area (Å²) in [6.45, 7) is 2.08. The van der Waals surface area contributed by atoms with Gasteiger partial charge in [-0.25, -0.2) is 0 Å². The molecule has 0 aliphatic heterocycles. The van der Waals surface area contributed by atoms with Crippen LogP contribution in [-0.4, -0.2) is 7.05 Å². The highest BCUT2D eigenvalue weighted by atomic mass is 79.9. The lowest BCUT2D eigenvalue weighted by Crippen LogP contribution is -2.17. The van der Waals surface area contributed by atoms with Gasteiger partial charge in [-0.3, -0.25) is 0 Å². The van der Waals surface area contributed by atoms with Crippen molar-refractivity contribution >= 4 is 31.9 Å². The van der Waals surface area contributed by atoms with Crippen LogP contribution in [0.1, 0.15) is 22.9 Å². The Morgan fingerprint density at radius 2 is 1.94 bits per heavy atom. The number of nitrogens with one attached hydrogen (secondary N) is 1. The Labute approximate surface area is 118 Å². The molecule has 0 saturated heterocycles. The summed E-state index contributed by atoms with van der Waals surface area (Å²) < 4.78 is 7.48. The molecule has 90 valence electrons. The number of hydrogen-bond donors (Lipinski definition) is 1. The van der Waals surface area contributed by atoms with Crippen LogP contribution >= 0.6 is 31.9 Å². The second-order valence-electron chi connectivity index (χ2n) is 3.87. The first-order valence-electron chi connectivity index (χ1n) is 5.30. The minimum absolute atomic E-state index is 0.0769. The summed E-state index contributed by atoms with van der Waals surface area (Å²) in [5, 5.41) is 3.26. The fraction of sp³-hybridized carbons (Fsp3) is 0.231. The molecule has 0 spiro atoms. The Morgan fingerprint density at radius 1 is 1.18 bits per heavy atom. The van der Waals surface area contributed by atoms with Gasteiger partial charge in [0.1, 0.15) is 5.76 Å². The van der Waals surface area contributed by atoms with Crippen LogP contribution in [0.4, 0.5) is 0 Å². The van der Waals surface area contributed by atoms with Crippen molar-refractivity contribution in [2.24, 2.45) is 0 Å². The fourth-order valence-corrected chi connectivity index (χ4v) is 2.37. The van der Waals surface area contributed by atoms with Crippen LogP contribution in [0.3, 0.4) is 0 Å². The quantitative estimate of drug-likeness (QED) is 0.878. The zero-order chi connectivity index (χ0) is 12.4. The van der Waals surface area contributed by atoms with Gasteiger partial charge in [0.15, 0.2) is 4.67 Å². The van der Waals surface area contributed by atoms with Gasteiger partial charge in [-0.2, -0.15) is 0 Å². The Kier molecular flexibility index (Phi) is 4.07. The first-order valence-corrected chi connectivity index (χ1v) is 6.89. The molecule has 17 heavy (non-hydrogen) atoms. The predicted molar refractivity (Wildman–Crippen MR) is 76.2 cm³/mol. The van der Waals surface area contributed by atoms with E-state index in [1.807, 2.05) is 19.2 Å². The molecule has 2 aromatic rings. The number of halogens is 2. The van der Waals surface area contributed by atoms with Crippen molar-refractivity contribution in [1.29, 1.82) is 0 Å². The molecule has 1 unspecified atom stereocenters. The molecule has 1 aromatic heterocycles. The average Bonchev–Trinajstić information content (AvgIpc) is 2.71. The summed E-state index contributed by atoms with van der Waals surface area (Å²) >= 11 is 6.84. The lowest BCUT2D eigenvalue weighted by molar-refractivity contribution is 0.447. The molecule has 4 heteroatoms. The van der Waals surface area contributed by atoms with Crippen LogP contribution in [0.2, 0.25) is 0 Å². The Bertz CT molecular complexity index is 522. The molecule has 1 aromatic carbocycles. The Balaban J connectivity index is 2.38. The predicted octanol–water partition coefficient (Wildman–Crippen LogP) is 4.42. The van der Waals surface area contributed by atoms with E-state index in [1.165, 1.54) is 11.1 Å². The Hall–Kier alpha value is -0.580. The second kappa shape index (κ2) is 5.38. The maximum atomic E-state index is 5.60. The molecule has 0 aliphatic rings. The molecule has 0 aliphatic carbocycles. The van der Waals surface area contributed by atoms with Gasteiger partial charge >= 0.3 is 0 Å². The summed E-state index contributed by atoms with van der Waals surface area (Å²) in [4.78, 5) is 0. The van der Waals surface area contributed by atoms with Gasteiger partial charge in [-0.15, -0.1) is 0 Å². The van der Waals surface area contributed by atoms with Crippen molar-refractivity contribution < 1.29 is 4.42 Å². The van der Waals surface area contributed by atoms with E-state index < -0.39 is 0 Å². The van der Waals surface area contributed by atoms with E-state index in [9.17, 15) is 0 Å². The number of aryl methyl sites for hydroxylation is 1. The van der Waals surface area contributed by atoms with Crippen molar-refractivity contribution in [2.45, 2.75) is 13.0 Å². The van der Waals surface area contributed by atoms with Crippen LogP contribution in [-0.2, 0) is 0 Å². The molecule has 0 fully saturated rings. The first kappa shape index (κ1) is 12.9. The lowest BCUT2D eigenvalue weighted by Gasteiger charge is -2.15. The zero-order valence-corrected chi connectivity index (χ0v) is 12.8. The molecule has 1 N–H and O–H groups in total. The van der Waals surface area contributed by atoms with Crippen molar-refractivity contribution in [3.63, 3.8) is 0 Å². The molecule has 2 rings (SSSR count). The lowest BCUT2D eigenvalue weighted by atomic mass is 10.0. The SMILES string of the molecule is CNC(c1ccc(Br)c(C)c1)c1ccc(Br)o1. The normalized spacial score (nSPS) is 12.7. The van der Waals surface area contributed by atoms with Crippen LogP contribution in [0.15, 0.2) is 43.9 Å². The van der Waals surface area contributed by atoms with Gasteiger partial charge in [0.25, 0.3) is 0 Å². The average molecular weight is 359 g/mol. The number of rotatable bonds is 3. The van der Waals surface area contributed by atoms with E-state index in [0.717, 1.165) is 14.9 Å². The number of hydrogen-bond acceptors (Lipinski definition) is 2. The first-order chi connectivity index (χ1) is 8.11. The summed E-state index contributed by atoms with van der Waals surface area (Å²) in [5.41, 5.74) is 2.41. The number of benzene rings is 1. The van der Waals surface area contributed by atoms with E-state index in [-0.39, 0.29) is 6.04 Å². The van der Waals surface area contributed by atoms with Gasteiger partial charge in [0.2, 0.25) is 0 Å². The standard InChI is InChI=1S/C13H13Br2NO/c1-8-7-9(3-4-10(8)14)13(16-2)11-5-6-12(15)17-11/h3-7,13,16H,1-2H3. The van der Waals surface area contributed by atoms with Crippen molar-refractivity contribution in [2.75, 3.05) is 7.05 Å². The summed E-state index contributed by atoms with van der Waals surface area (Å²) in [5.74, 6) is 0.904. The molecular weight excluding hydrogens is 346 g/mol. The number of furan rings is 1. The molecule has 1 heterocycles. The third-order valence-corrected chi connectivity index (χ3v) is 4.00. The monoisotopic (exact) mass is 357 g/mol. The molecule has 0 saturated carbocycles. The molecule has 2 nitrogen and oxygen atoms in total. The molecule has 1 atom stereocenters. The van der Waals surface area contributed by atoms with Crippen molar-refractivity contribution in [3.05, 3.63) is 56.4 Å². The third kappa shape index (κ3) is 2.81.